The van der Waals surface area contributed by atoms with Crippen LogP contribution in [0, 0.1) is 5.82 Å². The molecule has 1 saturated heterocycles. The maximum atomic E-state index is 13.5. The normalized spacial score (nSPS) is 17.9. The summed E-state index contributed by atoms with van der Waals surface area (Å²) in [5.74, 6) is -0.359. The topological polar surface area (TPSA) is 32.5 Å². The molecule has 6 heteroatoms. The predicted octanol–water partition coefficient (Wildman–Crippen LogP) is 2.66. The van der Waals surface area contributed by atoms with Gasteiger partial charge in [0.2, 0.25) is 0 Å². The number of rotatable bonds is 4. The Morgan fingerprint density at radius 1 is 1.33 bits per heavy atom. The summed E-state index contributed by atoms with van der Waals surface area (Å²) < 4.78 is 13.5. The summed E-state index contributed by atoms with van der Waals surface area (Å²) in [6.07, 6.45) is 0. The second-order valence-corrected chi connectivity index (χ2v) is 6.78. The van der Waals surface area contributed by atoms with Crippen LogP contribution in [-0.4, -0.2) is 46.5 Å². The summed E-state index contributed by atoms with van der Waals surface area (Å²) in [7, 11) is 0. The highest BCUT2D eigenvalue weighted by Crippen LogP contribution is 2.20. The molecule has 1 aromatic carbocycles. The lowest BCUT2D eigenvalue weighted by Gasteiger charge is -2.43. The lowest BCUT2D eigenvalue weighted by molar-refractivity contribution is 0.0821. The van der Waals surface area contributed by atoms with Gasteiger partial charge in [-0.15, -0.1) is 0 Å². The maximum absolute atomic E-state index is 13.5. The molecule has 0 radical (unpaired) electrons. The highest BCUT2D eigenvalue weighted by molar-refractivity contribution is 7.80. The molecule has 1 aromatic rings. The Balaban J connectivity index is 1.92. The van der Waals surface area contributed by atoms with Gasteiger partial charge in [0.15, 0.2) is 0 Å². The molecule has 2 N–H and O–H groups in total. The highest BCUT2D eigenvalue weighted by Gasteiger charge is 2.32. The second-order valence-electron chi connectivity index (χ2n) is 5.93. The molecule has 0 bridgehead atoms. The minimum atomic E-state index is -0.359. The minimum Gasteiger partial charge on any atom is -0.392 e. The van der Waals surface area contributed by atoms with Gasteiger partial charge in [-0.1, -0.05) is 29.9 Å². The quantitative estimate of drug-likeness (QED) is 0.861. The van der Waals surface area contributed by atoms with Gasteiger partial charge in [0.1, 0.15) is 5.82 Å². The first-order valence-electron chi connectivity index (χ1n) is 7.02. The van der Waals surface area contributed by atoms with Crippen molar-refractivity contribution in [2.24, 2.45) is 5.73 Å². The van der Waals surface area contributed by atoms with Crippen LogP contribution in [0.5, 0.6) is 0 Å². The van der Waals surface area contributed by atoms with Crippen molar-refractivity contribution in [1.29, 1.82) is 0 Å². The second kappa shape index (κ2) is 6.57. The van der Waals surface area contributed by atoms with E-state index in [4.69, 9.17) is 29.6 Å². The van der Waals surface area contributed by atoms with Gasteiger partial charge in [-0.2, -0.15) is 0 Å². The van der Waals surface area contributed by atoms with Crippen LogP contribution in [0.15, 0.2) is 18.2 Å². The zero-order chi connectivity index (χ0) is 15.6. The van der Waals surface area contributed by atoms with Gasteiger partial charge < -0.3 is 5.73 Å². The highest BCUT2D eigenvalue weighted by atomic mass is 35.5. The first-order chi connectivity index (χ1) is 9.80. The van der Waals surface area contributed by atoms with Gasteiger partial charge in [0, 0.05) is 32.7 Å². The van der Waals surface area contributed by atoms with Gasteiger partial charge in [-0.25, -0.2) is 4.39 Å². The third-order valence-corrected chi connectivity index (χ3v) is 4.96. The molecule has 1 aliphatic heterocycles. The summed E-state index contributed by atoms with van der Waals surface area (Å²) in [5, 5.41) is 0.168. The number of hydrogen-bond donors (Lipinski definition) is 1. The molecule has 0 aromatic heterocycles. The molecule has 1 fully saturated rings. The SMILES string of the molecule is CC(C)(C(N)=S)N1CCN(Cc2ccc(Cl)c(F)c2)CC1. The van der Waals surface area contributed by atoms with Crippen molar-refractivity contribution in [2.75, 3.05) is 26.2 Å². The van der Waals surface area contributed by atoms with Crippen molar-refractivity contribution >= 4 is 28.8 Å². The molecule has 1 heterocycles. The average Bonchev–Trinajstić information content (AvgIpc) is 2.43. The standard InChI is InChI=1S/C15H21ClFN3S/c1-15(2,14(18)21)20-7-5-19(6-8-20)10-11-3-4-12(16)13(17)9-11/h3-4,9H,5-8,10H2,1-2H3,(H2,18,21). The van der Waals surface area contributed by atoms with E-state index in [0.29, 0.717) is 4.99 Å². The van der Waals surface area contributed by atoms with E-state index in [2.05, 4.69) is 23.6 Å². The number of thiocarbonyl (C=S) groups is 1. The van der Waals surface area contributed by atoms with E-state index in [1.54, 1.807) is 6.07 Å². The zero-order valence-electron chi connectivity index (χ0n) is 12.4. The van der Waals surface area contributed by atoms with Crippen LogP contribution in [0.2, 0.25) is 5.02 Å². The Kier molecular flexibility index (Phi) is 5.20. The first kappa shape index (κ1) is 16.6. The van der Waals surface area contributed by atoms with Gasteiger partial charge >= 0.3 is 0 Å². The summed E-state index contributed by atoms with van der Waals surface area (Å²) >= 11 is 10.8. The van der Waals surface area contributed by atoms with Crippen LogP contribution in [-0.2, 0) is 6.54 Å². The molecule has 0 spiro atoms. The summed E-state index contributed by atoms with van der Waals surface area (Å²) in [6, 6.07) is 4.99. The largest absolute Gasteiger partial charge is 0.392 e. The van der Waals surface area contributed by atoms with Gasteiger partial charge in [0.25, 0.3) is 0 Å². The molecule has 0 aliphatic carbocycles. The lowest BCUT2D eigenvalue weighted by Crippen LogP contribution is -2.59. The van der Waals surface area contributed by atoms with Crippen molar-refractivity contribution in [2.45, 2.75) is 25.9 Å². The molecule has 0 amide bonds. The molecule has 0 atom stereocenters. The Morgan fingerprint density at radius 3 is 2.48 bits per heavy atom. The molecule has 0 saturated carbocycles. The Hall–Kier alpha value is -0.750. The van der Waals surface area contributed by atoms with E-state index in [1.165, 1.54) is 6.07 Å². The number of nitrogens with zero attached hydrogens (tertiary/aromatic N) is 2. The number of nitrogens with two attached hydrogens (primary N) is 1. The fraction of sp³-hybridized carbons (Fsp3) is 0.533. The van der Waals surface area contributed by atoms with Crippen LogP contribution in [0.4, 0.5) is 4.39 Å². The smallest absolute Gasteiger partial charge is 0.142 e. The molecular formula is C15H21ClFN3S. The minimum absolute atomic E-state index is 0.168. The molecule has 116 valence electrons. The van der Waals surface area contributed by atoms with Crippen LogP contribution >= 0.6 is 23.8 Å². The third-order valence-electron chi connectivity index (χ3n) is 4.16. The Bertz CT molecular complexity index is 528. The summed E-state index contributed by atoms with van der Waals surface area (Å²) in [6.45, 7) is 8.47. The van der Waals surface area contributed by atoms with Crippen LogP contribution in [0.3, 0.4) is 0 Å². The van der Waals surface area contributed by atoms with E-state index in [9.17, 15) is 4.39 Å². The monoisotopic (exact) mass is 329 g/mol. The number of halogens is 2. The van der Waals surface area contributed by atoms with Gasteiger partial charge in [-0.05, 0) is 31.5 Å². The van der Waals surface area contributed by atoms with Crippen LogP contribution < -0.4 is 5.73 Å². The average molecular weight is 330 g/mol. The van der Waals surface area contributed by atoms with Crippen LogP contribution in [0.25, 0.3) is 0 Å². The third kappa shape index (κ3) is 3.92. The first-order valence-corrected chi connectivity index (χ1v) is 7.80. The molecule has 1 aliphatic rings. The van der Waals surface area contributed by atoms with Crippen molar-refractivity contribution in [1.82, 2.24) is 9.80 Å². The fourth-order valence-electron chi connectivity index (χ4n) is 2.52. The molecule has 3 nitrogen and oxygen atoms in total. The summed E-state index contributed by atoms with van der Waals surface area (Å²) in [4.78, 5) is 5.12. The van der Waals surface area contributed by atoms with E-state index < -0.39 is 0 Å². The zero-order valence-corrected chi connectivity index (χ0v) is 14.0. The van der Waals surface area contributed by atoms with E-state index in [0.717, 1.165) is 38.3 Å². The van der Waals surface area contributed by atoms with E-state index >= 15 is 0 Å². The van der Waals surface area contributed by atoms with Crippen molar-refractivity contribution in [3.63, 3.8) is 0 Å². The Labute approximate surface area is 135 Å². The maximum Gasteiger partial charge on any atom is 0.142 e. The predicted molar refractivity (Wildman–Crippen MR) is 89.1 cm³/mol. The lowest BCUT2D eigenvalue weighted by atomic mass is 10.0. The number of piperazine rings is 1. The fourth-order valence-corrected chi connectivity index (χ4v) is 2.76. The summed E-state index contributed by atoms with van der Waals surface area (Å²) in [5.41, 5.74) is 6.50. The molecule has 21 heavy (non-hydrogen) atoms. The van der Waals surface area contributed by atoms with Crippen molar-refractivity contribution < 1.29 is 4.39 Å². The van der Waals surface area contributed by atoms with E-state index in [1.807, 2.05) is 6.07 Å². The van der Waals surface area contributed by atoms with E-state index in [-0.39, 0.29) is 16.4 Å². The Morgan fingerprint density at radius 2 is 1.95 bits per heavy atom. The van der Waals surface area contributed by atoms with Crippen molar-refractivity contribution in [3.05, 3.63) is 34.6 Å². The van der Waals surface area contributed by atoms with Gasteiger partial charge in [0.05, 0.1) is 15.6 Å². The molecule has 2 rings (SSSR count). The molecular weight excluding hydrogens is 309 g/mol. The van der Waals surface area contributed by atoms with Gasteiger partial charge in [-0.3, -0.25) is 9.80 Å². The van der Waals surface area contributed by atoms with Crippen LogP contribution in [0.1, 0.15) is 19.4 Å². The molecule has 0 unspecified atom stereocenters. The number of hydrogen-bond acceptors (Lipinski definition) is 3. The van der Waals surface area contributed by atoms with Crippen molar-refractivity contribution in [3.8, 4) is 0 Å². The number of benzene rings is 1.